The van der Waals surface area contributed by atoms with Gasteiger partial charge in [0.2, 0.25) is 0 Å². The maximum absolute atomic E-state index is 5.31. The monoisotopic (exact) mass is 301 g/mol. The standard InChI is InChI=1S/C12H16IN/c1-3-4-8-11(2)12(13)9-6-5-7-10-14/h3-9,12H,1-2,10,14H2/b7-5?,8-4-,9-6-. The molecule has 2 heteroatoms. The summed E-state index contributed by atoms with van der Waals surface area (Å²) in [5.74, 6) is 0. The Balaban J connectivity index is 4.06. The van der Waals surface area contributed by atoms with Crippen molar-refractivity contribution in [2.24, 2.45) is 5.73 Å². The van der Waals surface area contributed by atoms with E-state index in [1.807, 2.05) is 30.4 Å². The van der Waals surface area contributed by atoms with Gasteiger partial charge in [0, 0.05) is 6.54 Å². The SMILES string of the molecule is C=C/C=C\C(=C)C(I)/C=C\C=CCN. The quantitative estimate of drug-likeness (QED) is 0.455. The van der Waals surface area contributed by atoms with E-state index in [2.05, 4.69) is 41.8 Å². The minimum Gasteiger partial charge on any atom is -0.327 e. The smallest absolute Gasteiger partial charge is 0.0536 e. The van der Waals surface area contributed by atoms with Crippen molar-refractivity contribution in [2.45, 2.75) is 3.92 Å². The molecule has 0 aliphatic rings. The first-order valence-corrected chi connectivity index (χ1v) is 5.62. The average Bonchev–Trinajstić information content (AvgIpc) is 2.20. The van der Waals surface area contributed by atoms with Gasteiger partial charge in [0.05, 0.1) is 3.92 Å². The van der Waals surface area contributed by atoms with Crippen molar-refractivity contribution in [3.05, 3.63) is 61.3 Å². The van der Waals surface area contributed by atoms with Gasteiger partial charge in [-0.2, -0.15) is 0 Å². The number of rotatable bonds is 6. The molecule has 1 unspecified atom stereocenters. The topological polar surface area (TPSA) is 26.0 Å². The van der Waals surface area contributed by atoms with Crippen molar-refractivity contribution < 1.29 is 0 Å². The zero-order valence-electron chi connectivity index (χ0n) is 8.20. The molecular formula is C12H16IN. The number of hydrogen-bond acceptors (Lipinski definition) is 1. The Kier molecular flexibility index (Phi) is 8.57. The third kappa shape index (κ3) is 6.86. The molecule has 14 heavy (non-hydrogen) atoms. The van der Waals surface area contributed by atoms with Crippen LogP contribution in [0.15, 0.2) is 61.3 Å². The molecular weight excluding hydrogens is 285 g/mol. The van der Waals surface area contributed by atoms with E-state index in [1.165, 1.54) is 0 Å². The van der Waals surface area contributed by atoms with E-state index in [0.29, 0.717) is 10.5 Å². The second-order valence-electron chi connectivity index (χ2n) is 2.62. The molecule has 0 amide bonds. The fourth-order valence-electron chi connectivity index (χ4n) is 0.726. The lowest BCUT2D eigenvalue weighted by Crippen LogP contribution is -1.93. The normalized spacial score (nSPS) is 14.1. The van der Waals surface area contributed by atoms with Crippen LogP contribution in [0, 0.1) is 0 Å². The predicted molar refractivity (Wildman–Crippen MR) is 73.6 cm³/mol. The fraction of sp³-hybridized carbons (Fsp3) is 0.167. The zero-order chi connectivity index (χ0) is 10.8. The Morgan fingerprint density at radius 3 is 2.64 bits per heavy atom. The molecule has 2 N–H and O–H groups in total. The van der Waals surface area contributed by atoms with E-state index < -0.39 is 0 Å². The van der Waals surface area contributed by atoms with Crippen LogP contribution in [-0.4, -0.2) is 10.5 Å². The summed E-state index contributed by atoms with van der Waals surface area (Å²) in [5, 5.41) is 0. The number of alkyl halides is 1. The van der Waals surface area contributed by atoms with E-state index in [1.54, 1.807) is 6.08 Å². The first kappa shape index (κ1) is 13.4. The lowest BCUT2D eigenvalue weighted by molar-refractivity contribution is 1.25. The highest BCUT2D eigenvalue weighted by Gasteiger charge is 1.98. The highest BCUT2D eigenvalue weighted by molar-refractivity contribution is 14.1. The molecule has 0 spiro atoms. The maximum Gasteiger partial charge on any atom is 0.0536 e. The lowest BCUT2D eigenvalue weighted by Gasteiger charge is -2.02. The van der Waals surface area contributed by atoms with Crippen LogP contribution in [0.4, 0.5) is 0 Å². The van der Waals surface area contributed by atoms with Crippen LogP contribution in [0.25, 0.3) is 0 Å². The van der Waals surface area contributed by atoms with Crippen LogP contribution in [-0.2, 0) is 0 Å². The van der Waals surface area contributed by atoms with Crippen LogP contribution >= 0.6 is 22.6 Å². The van der Waals surface area contributed by atoms with Crippen LogP contribution in [0.3, 0.4) is 0 Å². The summed E-state index contributed by atoms with van der Waals surface area (Å²) >= 11 is 2.32. The number of nitrogens with two attached hydrogens (primary N) is 1. The number of allylic oxidation sites excluding steroid dienone is 7. The van der Waals surface area contributed by atoms with E-state index in [9.17, 15) is 0 Å². The predicted octanol–water partition coefficient (Wildman–Crippen LogP) is 3.16. The molecule has 0 rings (SSSR count). The minimum atomic E-state index is 0.311. The summed E-state index contributed by atoms with van der Waals surface area (Å²) in [4.78, 5) is 0. The van der Waals surface area contributed by atoms with E-state index in [0.717, 1.165) is 5.57 Å². The van der Waals surface area contributed by atoms with Gasteiger partial charge < -0.3 is 5.73 Å². The molecule has 0 aromatic carbocycles. The van der Waals surface area contributed by atoms with Gasteiger partial charge in [0.15, 0.2) is 0 Å². The molecule has 76 valence electrons. The summed E-state index contributed by atoms with van der Waals surface area (Å²) in [5.41, 5.74) is 6.37. The van der Waals surface area contributed by atoms with Crippen molar-refractivity contribution in [3.63, 3.8) is 0 Å². The van der Waals surface area contributed by atoms with Crippen molar-refractivity contribution in [1.29, 1.82) is 0 Å². The van der Waals surface area contributed by atoms with Crippen LogP contribution < -0.4 is 5.73 Å². The van der Waals surface area contributed by atoms with Gasteiger partial charge in [0.1, 0.15) is 0 Å². The number of hydrogen-bond donors (Lipinski definition) is 1. The summed E-state index contributed by atoms with van der Waals surface area (Å²) < 4.78 is 0.311. The average molecular weight is 301 g/mol. The lowest BCUT2D eigenvalue weighted by atomic mass is 10.2. The summed E-state index contributed by atoms with van der Waals surface area (Å²) in [7, 11) is 0. The number of halogens is 1. The Labute approximate surface area is 99.9 Å². The molecule has 0 bridgehead atoms. The first-order valence-electron chi connectivity index (χ1n) is 4.37. The van der Waals surface area contributed by atoms with Gasteiger partial charge in [-0.1, -0.05) is 78.3 Å². The van der Waals surface area contributed by atoms with Gasteiger partial charge in [-0.05, 0) is 5.57 Å². The first-order chi connectivity index (χ1) is 6.72. The largest absolute Gasteiger partial charge is 0.327 e. The van der Waals surface area contributed by atoms with Gasteiger partial charge in [-0.3, -0.25) is 0 Å². The second-order valence-corrected chi connectivity index (χ2v) is 3.96. The molecule has 0 radical (unpaired) electrons. The van der Waals surface area contributed by atoms with Gasteiger partial charge in [-0.15, -0.1) is 0 Å². The fourth-order valence-corrected chi connectivity index (χ4v) is 1.17. The highest BCUT2D eigenvalue weighted by Crippen LogP contribution is 2.13. The molecule has 0 fully saturated rings. The zero-order valence-corrected chi connectivity index (χ0v) is 10.4. The molecule has 0 heterocycles. The Morgan fingerprint density at radius 2 is 2.07 bits per heavy atom. The van der Waals surface area contributed by atoms with Crippen LogP contribution in [0.1, 0.15) is 0 Å². The van der Waals surface area contributed by atoms with E-state index in [-0.39, 0.29) is 0 Å². The molecule has 0 aromatic heterocycles. The van der Waals surface area contributed by atoms with Gasteiger partial charge in [-0.25, -0.2) is 0 Å². The summed E-state index contributed by atoms with van der Waals surface area (Å²) in [6, 6.07) is 0. The van der Waals surface area contributed by atoms with Crippen molar-refractivity contribution in [1.82, 2.24) is 0 Å². The van der Waals surface area contributed by atoms with Crippen LogP contribution in [0.2, 0.25) is 0 Å². The summed E-state index contributed by atoms with van der Waals surface area (Å²) in [6.07, 6.45) is 13.5. The molecule has 0 saturated heterocycles. The van der Waals surface area contributed by atoms with Crippen molar-refractivity contribution in [3.8, 4) is 0 Å². The Hall–Kier alpha value is -0.610. The van der Waals surface area contributed by atoms with Crippen molar-refractivity contribution >= 4 is 22.6 Å². The van der Waals surface area contributed by atoms with E-state index >= 15 is 0 Å². The molecule has 1 atom stereocenters. The maximum atomic E-state index is 5.31. The van der Waals surface area contributed by atoms with Gasteiger partial charge in [0.25, 0.3) is 0 Å². The molecule has 0 saturated carbocycles. The van der Waals surface area contributed by atoms with Crippen LogP contribution in [0.5, 0.6) is 0 Å². The Bertz CT molecular complexity index is 261. The van der Waals surface area contributed by atoms with Crippen molar-refractivity contribution in [2.75, 3.05) is 6.54 Å². The summed E-state index contributed by atoms with van der Waals surface area (Å²) in [6.45, 7) is 8.13. The van der Waals surface area contributed by atoms with Gasteiger partial charge >= 0.3 is 0 Å². The molecule has 0 aromatic rings. The third-order valence-corrected chi connectivity index (χ3v) is 2.68. The molecule has 0 aliphatic carbocycles. The second kappa shape index (κ2) is 8.97. The Morgan fingerprint density at radius 1 is 1.36 bits per heavy atom. The minimum absolute atomic E-state index is 0.311. The molecule has 0 aliphatic heterocycles. The highest BCUT2D eigenvalue weighted by atomic mass is 127. The third-order valence-electron chi connectivity index (χ3n) is 1.46. The molecule has 1 nitrogen and oxygen atoms in total. The van der Waals surface area contributed by atoms with E-state index in [4.69, 9.17) is 5.73 Å².